The van der Waals surface area contributed by atoms with E-state index in [1.54, 1.807) is 30.3 Å². The van der Waals surface area contributed by atoms with E-state index in [1.165, 1.54) is 24.6 Å². The predicted molar refractivity (Wildman–Crippen MR) is 142 cm³/mol. The summed E-state index contributed by atoms with van der Waals surface area (Å²) in [6.07, 6.45) is 0.264. The first-order valence-electron chi connectivity index (χ1n) is 13.3. The maximum Gasteiger partial charge on any atom is 0.422 e. The van der Waals surface area contributed by atoms with Gasteiger partial charge in [-0.1, -0.05) is 56.9 Å². The first kappa shape index (κ1) is 29.4. The highest BCUT2D eigenvalue weighted by molar-refractivity contribution is 5.88. The van der Waals surface area contributed by atoms with Crippen LogP contribution in [0.15, 0.2) is 60.7 Å². The molecule has 0 spiro atoms. The van der Waals surface area contributed by atoms with E-state index < -0.39 is 35.0 Å². The van der Waals surface area contributed by atoms with Crippen LogP contribution in [0.2, 0.25) is 0 Å². The van der Waals surface area contributed by atoms with Gasteiger partial charge in [0.15, 0.2) is 0 Å². The summed E-state index contributed by atoms with van der Waals surface area (Å²) in [6.45, 7) is 2.66. The van der Waals surface area contributed by atoms with Gasteiger partial charge in [0, 0.05) is 17.0 Å². The summed E-state index contributed by atoms with van der Waals surface area (Å²) in [5, 5.41) is 0.798. The van der Waals surface area contributed by atoms with Gasteiger partial charge in [-0.2, -0.15) is 13.2 Å². The number of benzene rings is 4. The highest BCUT2D eigenvalue weighted by Crippen LogP contribution is 2.35. The maximum atomic E-state index is 15.2. The van der Waals surface area contributed by atoms with E-state index in [9.17, 15) is 26.3 Å². The van der Waals surface area contributed by atoms with E-state index in [1.807, 2.05) is 0 Å². The minimum absolute atomic E-state index is 0.0163. The average Bonchev–Trinajstić information content (AvgIpc) is 2.89. The Morgan fingerprint density at radius 1 is 0.700 bits per heavy atom. The van der Waals surface area contributed by atoms with Crippen molar-refractivity contribution in [1.82, 2.24) is 0 Å². The van der Waals surface area contributed by atoms with Crippen LogP contribution < -0.4 is 4.74 Å². The standard InChI is InChI=1S/C32H29F7O/c1-2-3-4-5-6-15-40-24-12-14-25(27(33)19-24)22-11-13-26-23(18-22)10-9-21(31(26)36)8-7-20-16-28(34)30(29(35)17-20)32(37,38)39/h9-14,16-19H,2-8,15H2,1H3. The second-order valence-electron chi connectivity index (χ2n) is 9.81. The number of aryl methyl sites for hydroxylation is 2. The molecular formula is C32H29F7O. The predicted octanol–water partition coefficient (Wildman–Crippen LogP) is 10.2. The van der Waals surface area contributed by atoms with Crippen molar-refractivity contribution >= 4 is 10.8 Å². The lowest BCUT2D eigenvalue weighted by Crippen LogP contribution is -2.12. The normalized spacial score (nSPS) is 11.8. The number of rotatable bonds is 11. The number of hydrogen-bond donors (Lipinski definition) is 0. The van der Waals surface area contributed by atoms with Crippen LogP contribution in [0.1, 0.15) is 55.7 Å². The molecule has 4 rings (SSSR count). The molecule has 0 unspecified atom stereocenters. The molecule has 4 aromatic rings. The van der Waals surface area contributed by atoms with Gasteiger partial charge in [-0.15, -0.1) is 0 Å². The summed E-state index contributed by atoms with van der Waals surface area (Å²) in [6, 6.07) is 13.8. The molecule has 1 nitrogen and oxygen atoms in total. The minimum atomic E-state index is -5.15. The monoisotopic (exact) mass is 562 g/mol. The van der Waals surface area contributed by atoms with Gasteiger partial charge in [-0.05, 0) is 71.7 Å². The Hall–Kier alpha value is -3.55. The summed E-state index contributed by atoms with van der Waals surface area (Å²) in [7, 11) is 0. The zero-order chi connectivity index (χ0) is 28.9. The Balaban J connectivity index is 1.46. The lowest BCUT2D eigenvalue weighted by molar-refractivity contribution is -0.142. The number of halogens is 7. The van der Waals surface area contributed by atoms with E-state index >= 15 is 4.39 Å². The summed E-state index contributed by atoms with van der Waals surface area (Å²) >= 11 is 0. The van der Waals surface area contributed by atoms with Crippen LogP contribution in [0.25, 0.3) is 21.9 Å². The van der Waals surface area contributed by atoms with E-state index in [0.717, 1.165) is 25.7 Å². The molecule has 0 saturated heterocycles. The molecule has 0 aliphatic rings. The first-order valence-corrected chi connectivity index (χ1v) is 13.3. The molecule has 0 atom stereocenters. The number of ether oxygens (including phenoxy) is 1. The molecule has 0 aliphatic carbocycles. The molecule has 0 saturated carbocycles. The van der Waals surface area contributed by atoms with Gasteiger partial charge in [-0.25, -0.2) is 17.6 Å². The van der Waals surface area contributed by atoms with Gasteiger partial charge in [0.1, 0.15) is 34.6 Å². The molecule has 40 heavy (non-hydrogen) atoms. The van der Waals surface area contributed by atoms with Crippen LogP contribution in [0.3, 0.4) is 0 Å². The van der Waals surface area contributed by atoms with Crippen LogP contribution in [0.5, 0.6) is 5.75 Å². The third-order valence-electron chi connectivity index (χ3n) is 6.87. The molecule has 0 aromatic heterocycles. The summed E-state index contributed by atoms with van der Waals surface area (Å²) in [5.41, 5.74) is -0.826. The number of fused-ring (bicyclic) bond motifs is 1. The molecule has 0 heterocycles. The molecule has 0 amide bonds. The molecule has 0 bridgehead atoms. The maximum absolute atomic E-state index is 15.2. The lowest BCUT2D eigenvalue weighted by atomic mass is 9.96. The van der Waals surface area contributed by atoms with Crippen LogP contribution in [-0.4, -0.2) is 6.61 Å². The van der Waals surface area contributed by atoms with Crippen molar-refractivity contribution in [3.8, 4) is 16.9 Å². The summed E-state index contributed by atoms with van der Waals surface area (Å²) in [4.78, 5) is 0. The second kappa shape index (κ2) is 12.7. The first-order chi connectivity index (χ1) is 19.1. The molecule has 4 aromatic carbocycles. The highest BCUT2D eigenvalue weighted by atomic mass is 19.4. The Kier molecular flexibility index (Phi) is 9.38. The van der Waals surface area contributed by atoms with Crippen molar-refractivity contribution < 1.29 is 35.5 Å². The Morgan fingerprint density at radius 3 is 2.10 bits per heavy atom. The second-order valence-corrected chi connectivity index (χ2v) is 9.81. The van der Waals surface area contributed by atoms with Gasteiger partial charge in [0.25, 0.3) is 0 Å². The third-order valence-corrected chi connectivity index (χ3v) is 6.87. The number of hydrogen-bond acceptors (Lipinski definition) is 1. The van der Waals surface area contributed by atoms with Crippen molar-refractivity contribution in [2.75, 3.05) is 6.61 Å². The number of unbranched alkanes of at least 4 members (excludes halogenated alkanes) is 4. The van der Waals surface area contributed by atoms with Gasteiger partial charge < -0.3 is 4.74 Å². The fraction of sp³-hybridized carbons (Fsp3) is 0.312. The van der Waals surface area contributed by atoms with Gasteiger partial charge in [0.2, 0.25) is 0 Å². The minimum Gasteiger partial charge on any atom is -0.493 e. The topological polar surface area (TPSA) is 9.23 Å². The van der Waals surface area contributed by atoms with Crippen LogP contribution in [0, 0.1) is 23.3 Å². The van der Waals surface area contributed by atoms with Crippen molar-refractivity contribution in [2.24, 2.45) is 0 Å². The molecule has 0 N–H and O–H groups in total. The van der Waals surface area contributed by atoms with Crippen LogP contribution in [-0.2, 0) is 19.0 Å². The van der Waals surface area contributed by atoms with E-state index in [-0.39, 0.29) is 29.4 Å². The van der Waals surface area contributed by atoms with Gasteiger partial charge in [-0.3, -0.25) is 0 Å². The smallest absolute Gasteiger partial charge is 0.422 e. The van der Waals surface area contributed by atoms with Crippen LogP contribution >= 0.6 is 0 Å². The van der Waals surface area contributed by atoms with Crippen molar-refractivity contribution in [3.05, 3.63) is 101 Å². The molecule has 0 radical (unpaired) electrons. The lowest BCUT2D eigenvalue weighted by Gasteiger charge is -2.12. The quantitative estimate of drug-likeness (QED) is 0.131. The molecule has 0 fully saturated rings. The average molecular weight is 563 g/mol. The number of alkyl halides is 3. The van der Waals surface area contributed by atoms with E-state index in [4.69, 9.17) is 4.74 Å². The molecule has 8 heteroatoms. The third kappa shape index (κ3) is 6.95. The summed E-state index contributed by atoms with van der Waals surface area (Å²) in [5.74, 6) is -3.98. The molecular weight excluding hydrogens is 533 g/mol. The fourth-order valence-electron chi connectivity index (χ4n) is 4.73. The van der Waals surface area contributed by atoms with Crippen molar-refractivity contribution in [2.45, 2.75) is 58.0 Å². The van der Waals surface area contributed by atoms with Crippen LogP contribution in [0.4, 0.5) is 30.7 Å². The zero-order valence-corrected chi connectivity index (χ0v) is 22.0. The van der Waals surface area contributed by atoms with Crippen molar-refractivity contribution in [3.63, 3.8) is 0 Å². The largest absolute Gasteiger partial charge is 0.493 e. The zero-order valence-electron chi connectivity index (χ0n) is 22.0. The fourth-order valence-corrected chi connectivity index (χ4v) is 4.73. The molecule has 0 aliphatic heterocycles. The van der Waals surface area contributed by atoms with E-state index in [2.05, 4.69) is 6.92 Å². The molecule has 212 valence electrons. The van der Waals surface area contributed by atoms with Gasteiger partial charge in [0.05, 0.1) is 6.61 Å². The Morgan fingerprint density at radius 2 is 1.43 bits per heavy atom. The SMILES string of the molecule is CCCCCCCOc1ccc(-c2ccc3c(F)c(CCc4cc(F)c(C(F)(F)F)c(F)c4)ccc3c2)c(F)c1. The van der Waals surface area contributed by atoms with E-state index in [0.29, 0.717) is 41.0 Å². The highest BCUT2D eigenvalue weighted by Gasteiger charge is 2.37. The Labute approximate surface area is 228 Å². The van der Waals surface area contributed by atoms with Gasteiger partial charge >= 0.3 is 6.18 Å². The summed E-state index contributed by atoms with van der Waals surface area (Å²) < 4.78 is 102. The Bertz CT molecular complexity index is 1450. The van der Waals surface area contributed by atoms with Crippen molar-refractivity contribution in [1.29, 1.82) is 0 Å².